The lowest BCUT2D eigenvalue weighted by Crippen LogP contribution is -2.18. The van der Waals surface area contributed by atoms with Crippen molar-refractivity contribution in [2.24, 2.45) is 5.10 Å². The van der Waals surface area contributed by atoms with Crippen molar-refractivity contribution >= 4 is 12.1 Å². The van der Waals surface area contributed by atoms with Crippen molar-refractivity contribution in [3.63, 3.8) is 0 Å². The quantitative estimate of drug-likeness (QED) is 0.571. The zero-order chi connectivity index (χ0) is 17.4. The fourth-order valence-corrected chi connectivity index (χ4v) is 3.44. The lowest BCUT2D eigenvalue weighted by molar-refractivity contribution is 0.0953. The number of aryl methyl sites for hydroxylation is 2. The molecule has 4 rings (SSSR count). The number of furan rings is 1. The first-order valence-corrected chi connectivity index (χ1v) is 8.24. The molecule has 0 atom stereocenters. The Balaban J connectivity index is 1.59. The van der Waals surface area contributed by atoms with Gasteiger partial charge in [0.2, 0.25) is 0 Å². The van der Waals surface area contributed by atoms with Gasteiger partial charge in [0.25, 0.3) is 5.91 Å². The summed E-state index contributed by atoms with van der Waals surface area (Å²) < 4.78 is 5.40. The smallest absolute Gasteiger partial charge is 0.274 e. The summed E-state index contributed by atoms with van der Waals surface area (Å²) in [6, 6.07) is 18.3. The molecule has 0 radical (unpaired) electrons. The van der Waals surface area contributed by atoms with E-state index in [2.05, 4.69) is 34.8 Å². The van der Waals surface area contributed by atoms with Gasteiger partial charge in [-0.15, -0.1) is 0 Å². The van der Waals surface area contributed by atoms with Crippen LogP contribution in [-0.4, -0.2) is 12.1 Å². The van der Waals surface area contributed by atoms with Crippen LogP contribution in [0.4, 0.5) is 0 Å². The first-order chi connectivity index (χ1) is 12.1. The molecule has 1 aliphatic rings. The van der Waals surface area contributed by atoms with Crippen molar-refractivity contribution in [1.29, 1.82) is 0 Å². The van der Waals surface area contributed by atoms with Crippen LogP contribution < -0.4 is 5.43 Å². The number of hydrazone groups is 1. The van der Waals surface area contributed by atoms with Gasteiger partial charge in [0.05, 0.1) is 5.56 Å². The van der Waals surface area contributed by atoms with Gasteiger partial charge in [-0.05, 0) is 42.2 Å². The molecular formula is C21H18N2O2. The molecule has 0 saturated heterocycles. The molecule has 25 heavy (non-hydrogen) atoms. The van der Waals surface area contributed by atoms with E-state index < -0.39 is 0 Å². The predicted molar refractivity (Wildman–Crippen MR) is 97.9 cm³/mol. The number of benzene rings is 2. The molecule has 0 fully saturated rings. The van der Waals surface area contributed by atoms with Crippen molar-refractivity contribution in [2.45, 2.75) is 19.8 Å². The Hall–Kier alpha value is -3.14. The minimum atomic E-state index is -0.259. The summed E-state index contributed by atoms with van der Waals surface area (Å²) in [5, 5.41) is 4.21. The number of nitrogens with one attached hydrogen (secondary N) is 1. The Bertz CT molecular complexity index is 940. The van der Waals surface area contributed by atoms with Crippen LogP contribution in [0.15, 0.2) is 64.1 Å². The van der Waals surface area contributed by atoms with Gasteiger partial charge in [-0.25, -0.2) is 5.43 Å². The second-order valence-corrected chi connectivity index (χ2v) is 6.20. The van der Waals surface area contributed by atoms with Crippen LogP contribution in [0.5, 0.6) is 0 Å². The van der Waals surface area contributed by atoms with E-state index in [0.29, 0.717) is 17.1 Å². The molecule has 0 bridgehead atoms. The van der Waals surface area contributed by atoms with Crippen LogP contribution in [0, 0.1) is 13.8 Å². The maximum absolute atomic E-state index is 12.3. The number of amides is 1. The van der Waals surface area contributed by atoms with Crippen LogP contribution in [-0.2, 0) is 0 Å². The van der Waals surface area contributed by atoms with E-state index in [1.165, 1.54) is 22.3 Å². The Morgan fingerprint density at radius 1 is 1.04 bits per heavy atom. The lowest BCUT2D eigenvalue weighted by Gasteiger charge is -2.07. The van der Waals surface area contributed by atoms with Gasteiger partial charge < -0.3 is 4.42 Å². The zero-order valence-electron chi connectivity index (χ0n) is 14.1. The maximum atomic E-state index is 12.3. The second-order valence-electron chi connectivity index (χ2n) is 6.20. The molecule has 1 N–H and O–H groups in total. The molecule has 1 aliphatic carbocycles. The molecule has 4 nitrogen and oxygen atoms in total. The molecular weight excluding hydrogens is 312 g/mol. The van der Waals surface area contributed by atoms with Gasteiger partial charge >= 0.3 is 0 Å². The Kier molecular flexibility index (Phi) is 3.73. The monoisotopic (exact) mass is 330 g/mol. The Morgan fingerprint density at radius 2 is 1.64 bits per heavy atom. The lowest BCUT2D eigenvalue weighted by atomic mass is 9.99. The number of nitrogens with zero attached hydrogens (tertiary/aromatic N) is 1. The van der Waals surface area contributed by atoms with Crippen molar-refractivity contribution in [1.82, 2.24) is 5.43 Å². The van der Waals surface area contributed by atoms with E-state index in [-0.39, 0.29) is 11.8 Å². The van der Waals surface area contributed by atoms with E-state index in [9.17, 15) is 4.79 Å². The molecule has 0 saturated carbocycles. The van der Waals surface area contributed by atoms with Gasteiger partial charge in [-0.2, -0.15) is 5.10 Å². The molecule has 1 amide bonds. The minimum absolute atomic E-state index is 0.0416. The van der Waals surface area contributed by atoms with Crippen molar-refractivity contribution in [2.75, 3.05) is 0 Å². The molecule has 0 aliphatic heterocycles. The van der Waals surface area contributed by atoms with Crippen LogP contribution in [0.2, 0.25) is 0 Å². The Morgan fingerprint density at radius 3 is 2.20 bits per heavy atom. The van der Waals surface area contributed by atoms with Gasteiger partial charge in [0, 0.05) is 12.1 Å². The summed E-state index contributed by atoms with van der Waals surface area (Å²) in [5.41, 5.74) is 7.99. The average molecular weight is 330 g/mol. The first-order valence-electron chi connectivity index (χ1n) is 8.24. The third-order valence-electron chi connectivity index (χ3n) is 4.56. The summed E-state index contributed by atoms with van der Waals surface area (Å²) in [6.45, 7) is 3.59. The van der Waals surface area contributed by atoms with Crippen molar-refractivity contribution in [3.8, 4) is 11.1 Å². The largest absolute Gasteiger partial charge is 0.466 e. The van der Waals surface area contributed by atoms with Gasteiger partial charge in [0.1, 0.15) is 11.5 Å². The zero-order valence-corrected chi connectivity index (χ0v) is 14.1. The highest BCUT2D eigenvalue weighted by Gasteiger charge is 2.26. The normalized spacial score (nSPS) is 13.0. The second kappa shape index (κ2) is 6.06. The highest BCUT2D eigenvalue weighted by molar-refractivity contribution is 5.96. The average Bonchev–Trinajstić information content (AvgIpc) is 3.12. The van der Waals surface area contributed by atoms with Crippen molar-refractivity contribution < 1.29 is 9.21 Å². The number of carbonyl (C=O) groups excluding carboxylic acids is 1. The molecule has 1 heterocycles. The van der Waals surface area contributed by atoms with E-state index in [1.54, 1.807) is 19.2 Å². The summed E-state index contributed by atoms with van der Waals surface area (Å²) in [7, 11) is 0. The molecule has 2 aromatic carbocycles. The topological polar surface area (TPSA) is 54.6 Å². The van der Waals surface area contributed by atoms with Crippen LogP contribution in [0.1, 0.15) is 38.9 Å². The van der Waals surface area contributed by atoms with Gasteiger partial charge in [-0.3, -0.25) is 4.79 Å². The van der Waals surface area contributed by atoms with Gasteiger partial charge in [-0.1, -0.05) is 48.5 Å². The molecule has 0 spiro atoms. The van der Waals surface area contributed by atoms with E-state index in [0.717, 1.165) is 0 Å². The highest BCUT2D eigenvalue weighted by atomic mass is 16.3. The van der Waals surface area contributed by atoms with Crippen LogP contribution >= 0.6 is 0 Å². The fraction of sp³-hybridized carbons (Fsp3) is 0.143. The van der Waals surface area contributed by atoms with Crippen molar-refractivity contribution in [3.05, 3.63) is 82.8 Å². The predicted octanol–water partition coefficient (Wildman–Crippen LogP) is 4.42. The minimum Gasteiger partial charge on any atom is -0.466 e. The molecule has 1 aromatic heterocycles. The fourth-order valence-electron chi connectivity index (χ4n) is 3.44. The van der Waals surface area contributed by atoms with E-state index in [1.807, 2.05) is 31.2 Å². The third kappa shape index (κ3) is 2.66. The maximum Gasteiger partial charge on any atom is 0.274 e. The Labute approximate surface area is 146 Å². The highest BCUT2D eigenvalue weighted by Crippen LogP contribution is 2.43. The number of hydrogen-bond donors (Lipinski definition) is 1. The summed E-state index contributed by atoms with van der Waals surface area (Å²) in [5.74, 6) is 1.09. The summed E-state index contributed by atoms with van der Waals surface area (Å²) in [4.78, 5) is 12.3. The SMILES string of the molecule is Cc1cc(C(=O)N/N=C\C2c3ccccc3-c3ccccc32)c(C)o1. The van der Waals surface area contributed by atoms with E-state index in [4.69, 9.17) is 4.42 Å². The standard InChI is InChI=1S/C21H18N2O2/c1-13-11-19(14(2)25-13)21(24)23-22-12-20-17-9-5-3-7-15(17)16-8-4-6-10-18(16)20/h3-12,20H,1-2H3,(H,23,24)/b22-12-. The first kappa shape index (κ1) is 15.4. The summed E-state index contributed by atoms with van der Waals surface area (Å²) >= 11 is 0. The van der Waals surface area contributed by atoms with Gasteiger partial charge in [0.15, 0.2) is 0 Å². The summed E-state index contributed by atoms with van der Waals surface area (Å²) in [6.07, 6.45) is 1.80. The molecule has 3 aromatic rings. The third-order valence-corrected chi connectivity index (χ3v) is 4.56. The number of fused-ring (bicyclic) bond motifs is 3. The number of rotatable bonds is 3. The van der Waals surface area contributed by atoms with Crippen LogP contribution in [0.25, 0.3) is 11.1 Å². The number of carbonyl (C=O) groups is 1. The van der Waals surface area contributed by atoms with E-state index >= 15 is 0 Å². The molecule has 124 valence electrons. The number of hydrogen-bond acceptors (Lipinski definition) is 3. The molecule has 4 heteroatoms. The van der Waals surface area contributed by atoms with Crippen LogP contribution in [0.3, 0.4) is 0 Å². The molecule has 0 unspecified atom stereocenters.